The van der Waals surface area contributed by atoms with E-state index in [4.69, 9.17) is 11.6 Å². The van der Waals surface area contributed by atoms with Crippen molar-refractivity contribution in [1.82, 2.24) is 14.5 Å². The van der Waals surface area contributed by atoms with E-state index in [1.165, 1.54) is 32.1 Å². The standard InChI is InChI=1S/C15H20ClN3/c1-11(12-6-3-2-4-7-12)19-14(10-16)18-13-8-5-9-17-15(13)19/h5,8-9,11-12H,2-4,6-7,10H2,1H3. The lowest BCUT2D eigenvalue weighted by Gasteiger charge is -2.29. The van der Waals surface area contributed by atoms with Crippen LogP contribution in [-0.2, 0) is 5.88 Å². The highest BCUT2D eigenvalue weighted by Crippen LogP contribution is 2.35. The Morgan fingerprint density at radius 1 is 1.37 bits per heavy atom. The van der Waals surface area contributed by atoms with Gasteiger partial charge in [-0.15, -0.1) is 11.6 Å². The van der Waals surface area contributed by atoms with Gasteiger partial charge in [0.15, 0.2) is 5.65 Å². The Bertz CT molecular complexity index is 558. The fourth-order valence-electron chi connectivity index (χ4n) is 3.33. The third kappa shape index (κ3) is 2.36. The molecule has 0 amide bonds. The normalized spacial score (nSPS) is 18.8. The number of rotatable bonds is 3. The summed E-state index contributed by atoms with van der Waals surface area (Å²) in [7, 11) is 0. The molecule has 19 heavy (non-hydrogen) atoms. The lowest BCUT2D eigenvalue weighted by atomic mass is 9.84. The third-order valence-electron chi connectivity index (χ3n) is 4.38. The van der Waals surface area contributed by atoms with Crippen LogP contribution in [0.3, 0.4) is 0 Å². The van der Waals surface area contributed by atoms with Gasteiger partial charge < -0.3 is 4.57 Å². The van der Waals surface area contributed by atoms with Crippen molar-refractivity contribution in [1.29, 1.82) is 0 Å². The van der Waals surface area contributed by atoms with E-state index in [2.05, 4.69) is 21.5 Å². The van der Waals surface area contributed by atoms with E-state index in [0.29, 0.717) is 11.9 Å². The fraction of sp³-hybridized carbons (Fsp3) is 0.600. The van der Waals surface area contributed by atoms with Crippen LogP contribution < -0.4 is 0 Å². The van der Waals surface area contributed by atoms with Crippen molar-refractivity contribution in [3.05, 3.63) is 24.2 Å². The average Bonchev–Trinajstić information content (AvgIpc) is 2.86. The van der Waals surface area contributed by atoms with E-state index in [1.807, 2.05) is 18.3 Å². The molecule has 1 unspecified atom stereocenters. The smallest absolute Gasteiger partial charge is 0.160 e. The SMILES string of the molecule is CC(C1CCCCC1)n1c(CCl)nc2cccnc21. The topological polar surface area (TPSA) is 30.7 Å². The predicted molar refractivity (Wildman–Crippen MR) is 78.4 cm³/mol. The number of alkyl halides is 1. The summed E-state index contributed by atoms with van der Waals surface area (Å²) in [6.07, 6.45) is 8.56. The van der Waals surface area contributed by atoms with Crippen molar-refractivity contribution in [2.45, 2.75) is 50.9 Å². The molecule has 1 aliphatic rings. The van der Waals surface area contributed by atoms with Gasteiger partial charge in [0.25, 0.3) is 0 Å². The maximum Gasteiger partial charge on any atom is 0.160 e. The number of nitrogens with zero attached hydrogens (tertiary/aromatic N) is 3. The van der Waals surface area contributed by atoms with Crippen LogP contribution in [0.25, 0.3) is 11.2 Å². The summed E-state index contributed by atoms with van der Waals surface area (Å²) in [5.74, 6) is 2.14. The largest absolute Gasteiger partial charge is 0.309 e. The van der Waals surface area contributed by atoms with Crippen LogP contribution in [0, 0.1) is 5.92 Å². The van der Waals surface area contributed by atoms with Crippen LogP contribution in [0.4, 0.5) is 0 Å². The number of hydrogen-bond acceptors (Lipinski definition) is 2. The van der Waals surface area contributed by atoms with Crippen LogP contribution in [0.5, 0.6) is 0 Å². The van der Waals surface area contributed by atoms with Crippen LogP contribution in [-0.4, -0.2) is 14.5 Å². The number of aromatic nitrogens is 3. The maximum absolute atomic E-state index is 6.08. The van der Waals surface area contributed by atoms with Gasteiger partial charge in [-0.25, -0.2) is 9.97 Å². The van der Waals surface area contributed by atoms with Gasteiger partial charge in [-0.1, -0.05) is 19.3 Å². The van der Waals surface area contributed by atoms with Crippen molar-refractivity contribution >= 4 is 22.8 Å². The second kappa shape index (κ2) is 5.49. The number of pyridine rings is 1. The van der Waals surface area contributed by atoms with Crippen LogP contribution in [0.2, 0.25) is 0 Å². The number of imidazole rings is 1. The highest BCUT2D eigenvalue weighted by atomic mass is 35.5. The van der Waals surface area contributed by atoms with E-state index in [-0.39, 0.29) is 0 Å². The zero-order valence-corrected chi connectivity index (χ0v) is 12.1. The summed E-state index contributed by atoms with van der Waals surface area (Å²) in [6, 6.07) is 4.39. The van der Waals surface area contributed by atoms with E-state index >= 15 is 0 Å². The molecule has 3 rings (SSSR count). The first-order chi connectivity index (χ1) is 9.31. The molecular formula is C15H20ClN3. The molecule has 2 aromatic rings. The summed E-state index contributed by atoms with van der Waals surface area (Å²) in [6.45, 7) is 2.29. The van der Waals surface area contributed by atoms with Crippen LogP contribution >= 0.6 is 11.6 Å². The van der Waals surface area contributed by atoms with E-state index < -0.39 is 0 Å². The van der Waals surface area contributed by atoms with E-state index in [0.717, 1.165) is 22.9 Å². The fourth-order valence-corrected chi connectivity index (χ4v) is 3.51. The van der Waals surface area contributed by atoms with Gasteiger partial charge in [-0.2, -0.15) is 0 Å². The van der Waals surface area contributed by atoms with Crippen molar-refractivity contribution in [2.24, 2.45) is 5.92 Å². The first-order valence-corrected chi connectivity index (χ1v) is 7.72. The Morgan fingerprint density at radius 3 is 2.89 bits per heavy atom. The Labute approximate surface area is 119 Å². The monoisotopic (exact) mass is 277 g/mol. The molecule has 0 aromatic carbocycles. The highest BCUT2D eigenvalue weighted by molar-refractivity contribution is 6.16. The molecule has 4 heteroatoms. The zero-order valence-electron chi connectivity index (χ0n) is 11.3. The van der Waals surface area contributed by atoms with Gasteiger partial charge in [0.1, 0.15) is 11.3 Å². The minimum absolute atomic E-state index is 0.439. The van der Waals surface area contributed by atoms with Gasteiger partial charge in [0.05, 0.1) is 5.88 Å². The lowest BCUT2D eigenvalue weighted by Crippen LogP contribution is -2.21. The summed E-state index contributed by atoms with van der Waals surface area (Å²) >= 11 is 6.08. The van der Waals surface area contributed by atoms with Crippen molar-refractivity contribution in [3.8, 4) is 0 Å². The highest BCUT2D eigenvalue weighted by Gasteiger charge is 2.25. The molecule has 0 spiro atoms. The van der Waals surface area contributed by atoms with E-state index in [9.17, 15) is 0 Å². The molecule has 1 saturated carbocycles. The van der Waals surface area contributed by atoms with Gasteiger partial charge in [-0.3, -0.25) is 0 Å². The first kappa shape index (κ1) is 12.9. The molecule has 2 aromatic heterocycles. The Hall–Kier alpha value is -1.09. The van der Waals surface area contributed by atoms with E-state index in [1.54, 1.807) is 0 Å². The quantitative estimate of drug-likeness (QED) is 0.783. The number of hydrogen-bond donors (Lipinski definition) is 0. The molecule has 1 fully saturated rings. The number of halogens is 1. The molecule has 3 nitrogen and oxygen atoms in total. The molecule has 0 bridgehead atoms. The van der Waals surface area contributed by atoms with Crippen molar-refractivity contribution < 1.29 is 0 Å². The Kier molecular flexibility index (Phi) is 3.74. The Balaban J connectivity index is 2.02. The average molecular weight is 278 g/mol. The molecule has 0 radical (unpaired) electrons. The van der Waals surface area contributed by atoms with Crippen LogP contribution in [0.15, 0.2) is 18.3 Å². The minimum atomic E-state index is 0.439. The van der Waals surface area contributed by atoms with Crippen molar-refractivity contribution in [2.75, 3.05) is 0 Å². The molecule has 0 saturated heterocycles. The van der Waals surface area contributed by atoms with Gasteiger partial charge >= 0.3 is 0 Å². The number of fused-ring (bicyclic) bond motifs is 1. The maximum atomic E-state index is 6.08. The molecule has 2 heterocycles. The molecule has 102 valence electrons. The summed E-state index contributed by atoms with van der Waals surface area (Å²) in [4.78, 5) is 9.12. The van der Waals surface area contributed by atoms with Crippen LogP contribution in [0.1, 0.15) is 50.9 Å². The third-order valence-corrected chi connectivity index (χ3v) is 4.62. The summed E-state index contributed by atoms with van der Waals surface area (Å²) in [5.41, 5.74) is 1.94. The predicted octanol–water partition coefficient (Wildman–Crippen LogP) is 4.31. The van der Waals surface area contributed by atoms with Gasteiger partial charge in [-0.05, 0) is 37.8 Å². The second-order valence-corrected chi connectivity index (χ2v) is 5.78. The summed E-state index contributed by atoms with van der Waals surface area (Å²) in [5, 5.41) is 0. The molecule has 0 N–H and O–H groups in total. The second-order valence-electron chi connectivity index (χ2n) is 5.52. The zero-order chi connectivity index (χ0) is 13.2. The van der Waals surface area contributed by atoms with Gasteiger partial charge in [0, 0.05) is 12.2 Å². The summed E-state index contributed by atoms with van der Waals surface area (Å²) < 4.78 is 2.26. The lowest BCUT2D eigenvalue weighted by molar-refractivity contribution is 0.264. The Morgan fingerprint density at radius 2 is 2.16 bits per heavy atom. The minimum Gasteiger partial charge on any atom is -0.309 e. The molecule has 1 aliphatic carbocycles. The van der Waals surface area contributed by atoms with Gasteiger partial charge in [0.2, 0.25) is 0 Å². The van der Waals surface area contributed by atoms with Crippen molar-refractivity contribution in [3.63, 3.8) is 0 Å². The first-order valence-electron chi connectivity index (χ1n) is 7.19. The molecule has 0 aliphatic heterocycles. The molecule has 1 atom stereocenters. The molecular weight excluding hydrogens is 258 g/mol.